The van der Waals surface area contributed by atoms with Gasteiger partial charge < -0.3 is 14.7 Å². The summed E-state index contributed by atoms with van der Waals surface area (Å²) >= 11 is 1.88. The molecular weight excluding hydrogens is 286 g/mol. The summed E-state index contributed by atoms with van der Waals surface area (Å²) in [6.45, 7) is 5.91. The second-order valence-electron chi connectivity index (χ2n) is 5.07. The molecule has 0 bridgehead atoms. The zero-order valence-corrected chi connectivity index (χ0v) is 13.7. The summed E-state index contributed by atoms with van der Waals surface area (Å²) in [7, 11) is 1.86. The highest BCUT2D eigenvalue weighted by Crippen LogP contribution is 2.07. The molecule has 1 aromatic rings. The van der Waals surface area contributed by atoms with E-state index >= 15 is 0 Å². The summed E-state index contributed by atoms with van der Waals surface area (Å²) in [5.41, 5.74) is 1.00. The molecule has 2 heterocycles. The molecule has 1 fully saturated rings. The summed E-state index contributed by atoms with van der Waals surface area (Å²) in [6.07, 6.45) is 4.95. The summed E-state index contributed by atoms with van der Waals surface area (Å²) in [6, 6.07) is 1.93. The number of thioether (sulfide) groups is 1. The smallest absolute Gasteiger partial charge is 0.193 e. The van der Waals surface area contributed by atoms with Crippen LogP contribution in [0.3, 0.4) is 0 Å². The first-order valence-electron chi connectivity index (χ1n) is 7.39. The van der Waals surface area contributed by atoms with Crippen LogP contribution in [0.4, 0.5) is 0 Å². The molecule has 0 saturated carbocycles. The van der Waals surface area contributed by atoms with E-state index in [1.807, 2.05) is 24.9 Å². The topological polar surface area (TPSA) is 56.9 Å². The molecule has 0 radical (unpaired) electrons. The number of aromatic nitrogens is 1. The van der Waals surface area contributed by atoms with Crippen molar-refractivity contribution in [2.24, 2.45) is 4.99 Å². The van der Waals surface area contributed by atoms with Crippen molar-refractivity contribution in [3.63, 3.8) is 0 Å². The molecule has 1 aliphatic rings. The predicted molar refractivity (Wildman–Crippen MR) is 87.7 cm³/mol. The summed E-state index contributed by atoms with van der Waals surface area (Å²) < 4.78 is 4.88. The highest BCUT2D eigenvalue weighted by Gasteiger charge is 2.19. The number of aliphatic imine (C=N–C) groups is 1. The van der Waals surface area contributed by atoms with Gasteiger partial charge in [0.1, 0.15) is 6.26 Å². The Morgan fingerprint density at radius 1 is 1.43 bits per heavy atom. The monoisotopic (exact) mass is 311 g/mol. The largest absolute Gasteiger partial charge is 0.364 e. The van der Waals surface area contributed by atoms with E-state index in [0.717, 1.165) is 50.9 Å². The van der Waals surface area contributed by atoms with Crippen LogP contribution in [0.5, 0.6) is 0 Å². The van der Waals surface area contributed by atoms with Gasteiger partial charge in [-0.2, -0.15) is 11.8 Å². The molecule has 0 spiro atoms. The summed E-state index contributed by atoms with van der Waals surface area (Å²) in [5, 5.41) is 7.42. The average molecular weight is 311 g/mol. The summed E-state index contributed by atoms with van der Waals surface area (Å²) in [5.74, 6) is 2.22. The van der Waals surface area contributed by atoms with Crippen molar-refractivity contribution in [3.05, 3.63) is 18.0 Å². The zero-order valence-electron chi connectivity index (χ0n) is 12.9. The quantitative estimate of drug-likeness (QED) is 0.483. The van der Waals surface area contributed by atoms with Gasteiger partial charge in [0, 0.05) is 52.4 Å². The van der Waals surface area contributed by atoms with E-state index in [4.69, 9.17) is 4.52 Å². The van der Waals surface area contributed by atoms with Gasteiger partial charge in [-0.3, -0.25) is 9.89 Å². The van der Waals surface area contributed by atoms with Gasteiger partial charge in [0.15, 0.2) is 5.96 Å². The highest BCUT2D eigenvalue weighted by molar-refractivity contribution is 7.98. The Morgan fingerprint density at radius 3 is 2.86 bits per heavy atom. The molecule has 0 aliphatic carbocycles. The van der Waals surface area contributed by atoms with Crippen molar-refractivity contribution >= 4 is 17.7 Å². The minimum Gasteiger partial charge on any atom is -0.364 e. The highest BCUT2D eigenvalue weighted by atomic mass is 32.2. The number of nitrogens with one attached hydrogen (secondary N) is 1. The van der Waals surface area contributed by atoms with E-state index in [-0.39, 0.29) is 0 Å². The van der Waals surface area contributed by atoms with Gasteiger partial charge >= 0.3 is 0 Å². The van der Waals surface area contributed by atoms with Gasteiger partial charge in [-0.05, 0) is 18.4 Å². The van der Waals surface area contributed by atoms with Gasteiger partial charge in [-0.15, -0.1) is 0 Å². The standard InChI is InChI=1S/C14H25N5OS/c1-15-14(16-5-3-11-21-2)19-8-6-18(7-9-19)12-13-4-10-20-17-13/h4,10H,3,5-9,11-12H2,1-2H3,(H,15,16). The molecule has 21 heavy (non-hydrogen) atoms. The Morgan fingerprint density at radius 2 is 2.24 bits per heavy atom. The second-order valence-corrected chi connectivity index (χ2v) is 6.06. The fourth-order valence-electron chi connectivity index (χ4n) is 2.41. The predicted octanol–water partition coefficient (Wildman–Crippen LogP) is 1.12. The minimum absolute atomic E-state index is 0.865. The van der Waals surface area contributed by atoms with Gasteiger partial charge in [0.05, 0.1) is 5.69 Å². The lowest BCUT2D eigenvalue weighted by Gasteiger charge is -2.36. The van der Waals surface area contributed by atoms with E-state index in [9.17, 15) is 0 Å². The van der Waals surface area contributed by atoms with Gasteiger partial charge in [0.25, 0.3) is 0 Å². The molecule has 1 aliphatic heterocycles. The zero-order chi connectivity index (χ0) is 14.9. The normalized spacial score (nSPS) is 17.2. The molecule has 1 N–H and O–H groups in total. The maximum atomic E-state index is 4.88. The van der Waals surface area contributed by atoms with Crippen LogP contribution in [0.2, 0.25) is 0 Å². The molecule has 1 aromatic heterocycles. The van der Waals surface area contributed by atoms with Crippen LogP contribution >= 0.6 is 11.8 Å². The molecule has 7 heteroatoms. The van der Waals surface area contributed by atoms with Crippen molar-refractivity contribution in [2.75, 3.05) is 51.8 Å². The molecule has 1 saturated heterocycles. The molecule has 0 amide bonds. The lowest BCUT2D eigenvalue weighted by atomic mass is 10.3. The Balaban J connectivity index is 1.71. The van der Waals surface area contributed by atoms with Crippen LogP contribution < -0.4 is 5.32 Å². The molecule has 6 nitrogen and oxygen atoms in total. The number of rotatable bonds is 6. The molecular formula is C14H25N5OS. The number of hydrogen-bond donors (Lipinski definition) is 1. The average Bonchev–Trinajstić information content (AvgIpc) is 3.02. The Kier molecular flexibility index (Phi) is 6.88. The molecule has 2 rings (SSSR count). The SMILES string of the molecule is CN=C(NCCCSC)N1CCN(Cc2ccon2)CC1. The molecule has 0 unspecified atom stereocenters. The van der Waals surface area contributed by atoms with Gasteiger partial charge in [0.2, 0.25) is 0 Å². The van der Waals surface area contributed by atoms with Crippen LogP contribution in [-0.4, -0.2) is 72.7 Å². The van der Waals surface area contributed by atoms with E-state index < -0.39 is 0 Å². The Labute approximate surface area is 130 Å². The maximum Gasteiger partial charge on any atom is 0.193 e. The first-order valence-corrected chi connectivity index (χ1v) is 8.79. The second kappa shape index (κ2) is 8.94. The lowest BCUT2D eigenvalue weighted by Crippen LogP contribution is -2.52. The van der Waals surface area contributed by atoms with Gasteiger partial charge in [-0.25, -0.2) is 0 Å². The number of guanidine groups is 1. The van der Waals surface area contributed by atoms with E-state index in [0.29, 0.717) is 0 Å². The number of nitrogens with zero attached hydrogens (tertiary/aromatic N) is 4. The number of piperazine rings is 1. The van der Waals surface area contributed by atoms with Gasteiger partial charge in [-0.1, -0.05) is 5.16 Å². The molecule has 118 valence electrons. The third kappa shape index (κ3) is 5.24. The Bertz CT molecular complexity index is 415. The lowest BCUT2D eigenvalue weighted by molar-refractivity contribution is 0.169. The number of hydrogen-bond acceptors (Lipinski definition) is 5. The van der Waals surface area contributed by atoms with E-state index in [1.165, 1.54) is 12.2 Å². The van der Waals surface area contributed by atoms with Crippen LogP contribution in [-0.2, 0) is 6.54 Å². The van der Waals surface area contributed by atoms with Crippen molar-refractivity contribution in [1.29, 1.82) is 0 Å². The molecule has 0 aromatic carbocycles. The third-order valence-corrected chi connectivity index (χ3v) is 4.27. The fourth-order valence-corrected chi connectivity index (χ4v) is 2.85. The fraction of sp³-hybridized carbons (Fsp3) is 0.714. The first-order chi connectivity index (χ1) is 10.3. The maximum absolute atomic E-state index is 4.88. The Hall–Kier alpha value is -1.21. The minimum atomic E-state index is 0.865. The van der Waals surface area contributed by atoms with Crippen molar-refractivity contribution < 1.29 is 4.52 Å². The summed E-state index contributed by atoms with van der Waals surface area (Å²) in [4.78, 5) is 9.12. The van der Waals surface area contributed by atoms with Crippen molar-refractivity contribution in [3.8, 4) is 0 Å². The van der Waals surface area contributed by atoms with Crippen molar-refractivity contribution in [1.82, 2.24) is 20.3 Å². The van der Waals surface area contributed by atoms with Crippen LogP contribution in [0.15, 0.2) is 21.8 Å². The van der Waals surface area contributed by atoms with E-state index in [2.05, 4.69) is 31.5 Å². The van der Waals surface area contributed by atoms with Crippen LogP contribution in [0, 0.1) is 0 Å². The van der Waals surface area contributed by atoms with Crippen LogP contribution in [0.1, 0.15) is 12.1 Å². The van der Waals surface area contributed by atoms with E-state index in [1.54, 1.807) is 6.26 Å². The van der Waals surface area contributed by atoms with Crippen molar-refractivity contribution in [2.45, 2.75) is 13.0 Å². The third-order valence-electron chi connectivity index (χ3n) is 3.57. The first kappa shape index (κ1) is 16.2. The molecule has 0 atom stereocenters. The van der Waals surface area contributed by atoms with Crippen LogP contribution in [0.25, 0.3) is 0 Å².